The monoisotopic (exact) mass is 293 g/mol. The molecule has 1 aliphatic heterocycles. The molecule has 0 spiro atoms. The van der Waals surface area contributed by atoms with Gasteiger partial charge in [-0.15, -0.1) is 0 Å². The van der Waals surface area contributed by atoms with Gasteiger partial charge in [-0.1, -0.05) is 12.1 Å². The van der Waals surface area contributed by atoms with Crippen LogP contribution in [0.15, 0.2) is 24.3 Å². The number of rotatable bonds is 7. The zero-order valence-corrected chi connectivity index (χ0v) is 12.2. The molecule has 2 rings (SSSR count). The zero-order valence-electron chi connectivity index (χ0n) is 12.2. The fourth-order valence-corrected chi connectivity index (χ4v) is 2.14. The lowest BCUT2D eigenvalue weighted by Gasteiger charge is -2.26. The van der Waals surface area contributed by atoms with Gasteiger partial charge in [0.05, 0.1) is 19.8 Å². The van der Waals surface area contributed by atoms with Gasteiger partial charge in [0.1, 0.15) is 12.4 Å². The number of carbonyl (C=O) groups excluding carboxylic acids is 1. The molecule has 1 aromatic rings. The van der Waals surface area contributed by atoms with Crippen molar-refractivity contribution in [1.29, 1.82) is 0 Å². The van der Waals surface area contributed by atoms with Crippen LogP contribution in [-0.2, 0) is 16.1 Å². The maximum atomic E-state index is 11.1. The van der Waals surface area contributed by atoms with Gasteiger partial charge in [-0.05, 0) is 17.7 Å². The van der Waals surface area contributed by atoms with Crippen molar-refractivity contribution in [2.75, 3.05) is 46.0 Å². The first kappa shape index (κ1) is 15.8. The maximum absolute atomic E-state index is 11.1. The standard InChI is InChI=1S/C15H23N3O3/c16-11-15(19)17-12-13-2-1-3-14(10-13)21-9-6-18-4-7-20-8-5-18/h1-3,10H,4-9,11-12,16H2,(H,17,19). The summed E-state index contributed by atoms with van der Waals surface area (Å²) in [5.41, 5.74) is 6.25. The van der Waals surface area contributed by atoms with Crippen molar-refractivity contribution >= 4 is 5.91 Å². The smallest absolute Gasteiger partial charge is 0.234 e. The summed E-state index contributed by atoms with van der Waals surface area (Å²) in [5.74, 6) is 0.663. The normalized spacial score (nSPS) is 15.7. The molecular weight excluding hydrogens is 270 g/mol. The van der Waals surface area contributed by atoms with E-state index >= 15 is 0 Å². The Morgan fingerprint density at radius 3 is 2.95 bits per heavy atom. The summed E-state index contributed by atoms with van der Waals surface area (Å²) in [6.45, 7) is 5.57. The molecule has 1 aliphatic rings. The first-order chi connectivity index (χ1) is 10.3. The van der Waals surface area contributed by atoms with Crippen LogP contribution in [0.4, 0.5) is 0 Å². The number of amides is 1. The number of morpholine rings is 1. The predicted molar refractivity (Wildman–Crippen MR) is 80.1 cm³/mol. The van der Waals surface area contributed by atoms with E-state index in [0.717, 1.165) is 44.2 Å². The molecule has 3 N–H and O–H groups in total. The number of ether oxygens (including phenoxy) is 2. The van der Waals surface area contributed by atoms with Gasteiger partial charge in [0.25, 0.3) is 0 Å². The molecule has 0 atom stereocenters. The van der Waals surface area contributed by atoms with Crippen LogP contribution in [0.5, 0.6) is 5.75 Å². The molecule has 0 radical (unpaired) electrons. The van der Waals surface area contributed by atoms with Crippen LogP contribution in [0.2, 0.25) is 0 Å². The predicted octanol–water partition coefficient (Wildman–Crippen LogP) is -0.0275. The van der Waals surface area contributed by atoms with Gasteiger partial charge in [-0.3, -0.25) is 9.69 Å². The first-order valence-electron chi connectivity index (χ1n) is 7.26. The van der Waals surface area contributed by atoms with Crippen molar-refractivity contribution in [3.63, 3.8) is 0 Å². The molecule has 1 heterocycles. The third-order valence-electron chi connectivity index (χ3n) is 3.35. The Morgan fingerprint density at radius 1 is 1.38 bits per heavy atom. The number of nitrogens with one attached hydrogen (secondary N) is 1. The van der Waals surface area contributed by atoms with E-state index in [9.17, 15) is 4.79 Å². The molecule has 0 aliphatic carbocycles. The van der Waals surface area contributed by atoms with Crippen molar-refractivity contribution in [2.24, 2.45) is 5.73 Å². The number of hydrogen-bond donors (Lipinski definition) is 2. The van der Waals surface area contributed by atoms with Crippen LogP contribution in [0, 0.1) is 0 Å². The molecule has 116 valence electrons. The Morgan fingerprint density at radius 2 is 2.19 bits per heavy atom. The van der Waals surface area contributed by atoms with Crippen LogP contribution in [0.25, 0.3) is 0 Å². The number of hydrogen-bond acceptors (Lipinski definition) is 5. The molecular formula is C15H23N3O3. The average molecular weight is 293 g/mol. The second-order valence-corrected chi connectivity index (χ2v) is 4.93. The zero-order chi connectivity index (χ0) is 14.9. The summed E-state index contributed by atoms with van der Waals surface area (Å²) in [5, 5.41) is 2.74. The molecule has 0 aromatic heterocycles. The first-order valence-corrected chi connectivity index (χ1v) is 7.26. The summed E-state index contributed by atoms with van der Waals surface area (Å²) < 4.78 is 11.1. The lowest BCUT2D eigenvalue weighted by molar-refractivity contribution is -0.119. The van der Waals surface area contributed by atoms with Crippen LogP contribution in [-0.4, -0.2) is 56.8 Å². The van der Waals surface area contributed by atoms with E-state index in [2.05, 4.69) is 10.2 Å². The summed E-state index contributed by atoms with van der Waals surface area (Å²) in [6.07, 6.45) is 0. The minimum absolute atomic E-state index is 0.00966. The Bertz CT molecular complexity index is 448. The van der Waals surface area contributed by atoms with Crippen LogP contribution in [0.1, 0.15) is 5.56 Å². The van der Waals surface area contributed by atoms with Gasteiger partial charge < -0.3 is 20.5 Å². The molecule has 21 heavy (non-hydrogen) atoms. The van der Waals surface area contributed by atoms with E-state index in [1.165, 1.54) is 0 Å². The minimum atomic E-state index is -0.159. The summed E-state index contributed by atoms with van der Waals surface area (Å²) in [4.78, 5) is 13.5. The van der Waals surface area contributed by atoms with E-state index in [4.69, 9.17) is 15.2 Å². The van der Waals surface area contributed by atoms with Crippen LogP contribution in [0.3, 0.4) is 0 Å². The number of carbonyl (C=O) groups is 1. The topological polar surface area (TPSA) is 76.8 Å². The van der Waals surface area contributed by atoms with Crippen molar-refractivity contribution in [2.45, 2.75) is 6.54 Å². The lowest BCUT2D eigenvalue weighted by atomic mass is 10.2. The minimum Gasteiger partial charge on any atom is -0.492 e. The molecule has 6 nitrogen and oxygen atoms in total. The number of nitrogens with zero attached hydrogens (tertiary/aromatic N) is 1. The van der Waals surface area contributed by atoms with Gasteiger partial charge in [0, 0.05) is 26.2 Å². The van der Waals surface area contributed by atoms with Crippen molar-refractivity contribution in [3.8, 4) is 5.75 Å². The molecule has 1 aromatic carbocycles. The summed E-state index contributed by atoms with van der Waals surface area (Å²) >= 11 is 0. The number of nitrogens with two attached hydrogens (primary N) is 1. The van der Waals surface area contributed by atoms with Crippen molar-refractivity contribution in [1.82, 2.24) is 10.2 Å². The molecule has 1 fully saturated rings. The van der Waals surface area contributed by atoms with Gasteiger partial charge in [0.2, 0.25) is 5.91 Å². The summed E-state index contributed by atoms with van der Waals surface area (Å²) in [6, 6.07) is 7.74. The third-order valence-corrected chi connectivity index (χ3v) is 3.35. The van der Waals surface area contributed by atoms with E-state index in [0.29, 0.717) is 13.2 Å². The van der Waals surface area contributed by atoms with E-state index < -0.39 is 0 Å². The SMILES string of the molecule is NCC(=O)NCc1cccc(OCCN2CCOCC2)c1. The third kappa shape index (κ3) is 5.71. The second kappa shape index (κ2) is 8.61. The van der Waals surface area contributed by atoms with Gasteiger partial charge >= 0.3 is 0 Å². The van der Waals surface area contributed by atoms with E-state index in [-0.39, 0.29) is 12.5 Å². The molecule has 0 unspecified atom stereocenters. The highest BCUT2D eigenvalue weighted by Crippen LogP contribution is 2.13. The van der Waals surface area contributed by atoms with E-state index in [1.807, 2.05) is 24.3 Å². The van der Waals surface area contributed by atoms with Gasteiger partial charge in [-0.2, -0.15) is 0 Å². The van der Waals surface area contributed by atoms with Crippen molar-refractivity contribution < 1.29 is 14.3 Å². The second-order valence-electron chi connectivity index (χ2n) is 4.93. The Kier molecular flexibility index (Phi) is 6.46. The molecule has 1 saturated heterocycles. The fourth-order valence-electron chi connectivity index (χ4n) is 2.14. The van der Waals surface area contributed by atoms with Gasteiger partial charge in [0.15, 0.2) is 0 Å². The van der Waals surface area contributed by atoms with Crippen LogP contribution >= 0.6 is 0 Å². The maximum Gasteiger partial charge on any atom is 0.234 e. The fraction of sp³-hybridized carbons (Fsp3) is 0.533. The Labute approximate surface area is 125 Å². The quantitative estimate of drug-likeness (QED) is 0.738. The highest BCUT2D eigenvalue weighted by atomic mass is 16.5. The van der Waals surface area contributed by atoms with Gasteiger partial charge in [-0.25, -0.2) is 0 Å². The molecule has 6 heteroatoms. The summed E-state index contributed by atoms with van der Waals surface area (Å²) in [7, 11) is 0. The highest BCUT2D eigenvalue weighted by molar-refractivity contribution is 5.77. The molecule has 1 amide bonds. The average Bonchev–Trinajstić information content (AvgIpc) is 2.54. The molecule has 0 saturated carbocycles. The largest absolute Gasteiger partial charge is 0.492 e. The molecule has 0 bridgehead atoms. The number of benzene rings is 1. The highest BCUT2D eigenvalue weighted by Gasteiger charge is 2.09. The Hall–Kier alpha value is -1.63. The van der Waals surface area contributed by atoms with E-state index in [1.54, 1.807) is 0 Å². The Balaban J connectivity index is 1.73. The lowest BCUT2D eigenvalue weighted by Crippen LogP contribution is -2.38. The van der Waals surface area contributed by atoms with Crippen LogP contribution < -0.4 is 15.8 Å². The van der Waals surface area contributed by atoms with Crippen molar-refractivity contribution in [3.05, 3.63) is 29.8 Å².